The van der Waals surface area contributed by atoms with E-state index in [1.807, 2.05) is 0 Å². The second kappa shape index (κ2) is 6.28. The van der Waals surface area contributed by atoms with Crippen molar-refractivity contribution in [3.63, 3.8) is 0 Å². The van der Waals surface area contributed by atoms with Crippen LogP contribution in [0.1, 0.15) is 16.8 Å². The van der Waals surface area contributed by atoms with Gasteiger partial charge in [-0.3, -0.25) is 9.69 Å². The fraction of sp³-hybridized carbons (Fsp3) is 0.375. The maximum Gasteiger partial charge on any atom is 0.322 e. The third-order valence-electron chi connectivity index (χ3n) is 3.97. The van der Waals surface area contributed by atoms with Gasteiger partial charge in [0.2, 0.25) is 0 Å². The summed E-state index contributed by atoms with van der Waals surface area (Å²) in [6, 6.07) is 4.70. The van der Waals surface area contributed by atoms with Crippen molar-refractivity contribution < 1.29 is 18.7 Å². The van der Waals surface area contributed by atoms with Gasteiger partial charge in [-0.15, -0.1) is 0 Å². The quantitative estimate of drug-likeness (QED) is 0.926. The number of amides is 3. The van der Waals surface area contributed by atoms with Gasteiger partial charge in [0.15, 0.2) is 0 Å². The smallest absolute Gasteiger partial charge is 0.322 e. The van der Waals surface area contributed by atoms with E-state index < -0.39 is 0 Å². The van der Waals surface area contributed by atoms with Gasteiger partial charge in [-0.05, 0) is 30.7 Å². The molecule has 0 radical (unpaired) electrons. The molecule has 0 saturated carbocycles. The van der Waals surface area contributed by atoms with Crippen LogP contribution in [0, 0.1) is 0 Å². The van der Waals surface area contributed by atoms with Crippen molar-refractivity contribution in [3.8, 4) is 5.75 Å². The van der Waals surface area contributed by atoms with Gasteiger partial charge < -0.3 is 15.0 Å². The molecule has 1 aromatic carbocycles. The Morgan fingerprint density at radius 3 is 2.83 bits per heavy atom. The SMILES string of the molecule is COc1ccc(C(=O)N2CCC=C(F)C2)cc1N1CCNC1=O. The Hall–Kier alpha value is -2.57. The van der Waals surface area contributed by atoms with Crippen molar-refractivity contribution in [2.24, 2.45) is 0 Å². The summed E-state index contributed by atoms with van der Waals surface area (Å²) in [7, 11) is 1.51. The maximum atomic E-state index is 13.4. The first-order valence-electron chi connectivity index (χ1n) is 7.47. The predicted octanol–water partition coefficient (Wildman–Crippen LogP) is 1.92. The molecule has 1 fully saturated rings. The van der Waals surface area contributed by atoms with Crippen molar-refractivity contribution in [2.75, 3.05) is 38.2 Å². The number of carbonyl (C=O) groups excluding carboxylic acids is 2. The van der Waals surface area contributed by atoms with Gasteiger partial charge in [-0.25, -0.2) is 9.18 Å². The monoisotopic (exact) mass is 319 g/mol. The number of methoxy groups -OCH3 is 1. The number of ether oxygens (including phenoxy) is 1. The van der Waals surface area contributed by atoms with E-state index in [1.54, 1.807) is 18.2 Å². The number of urea groups is 1. The summed E-state index contributed by atoms with van der Waals surface area (Å²) < 4.78 is 18.7. The Balaban J connectivity index is 1.90. The first kappa shape index (κ1) is 15.3. The summed E-state index contributed by atoms with van der Waals surface area (Å²) in [6.45, 7) is 1.53. The lowest BCUT2D eigenvalue weighted by atomic mass is 10.1. The summed E-state index contributed by atoms with van der Waals surface area (Å²) in [5.41, 5.74) is 0.955. The van der Waals surface area contributed by atoms with Crippen molar-refractivity contribution in [1.29, 1.82) is 0 Å². The number of anilines is 1. The average molecular weight is 319 g/mol. The van der Waals surface area contributed by atoms with Crippen LogP contribution in [-0.4, -0.2) is 50.1 Å². The third kappa shape index (κ3) is 2.99. The number of halogens is 1. The van der Waals surface area contributed by atoms with E-state index in [-0.39, 0.29) is 24.3 Å². The second-order valence-electron chi connectivity index (χ2n) is 5.44. The molecule has 2 aliphatic rings. The van der Waals surface area contributed by atoms with Gasteiger partial charge in [-0.2, -0.15) is 0 Å². The molecule has 0 spiro atoms. The lowest BCUT2D eigenvalue weighted by molar-refractivity contribution is 0.0755. The van der Waals surface area contributed by atoms with E-state index in [4.69, 9.17) is 4.74 Å². The Kier molecular flexibility index (Phi) is 4.18. The summed E-state index contributed by atoms with van der Waals surface area (Å²) in [6.07, 6.45) is 2.01. The average Bonchev–Trinajstić information content (AvgIpc) is 2.99. The molecule has 1 aromatic rings. The zero-order valence-corrected chi connectivity index (χ0v) is 12.8. The molecule has 122 valence electrons. The molecule has 0 unspecified atom stereocenters. The molecule has 0 aromatic heterocycles. The van der Waals surface area contributed by atoms with Gasteiger partial charge in [0, 0.05) is 25.2 Å². The molecule has 2 aliphatic heterocycles. The fourth-order valence-electron chi connectivity index (χ4n) is 2.79. The molecule has 3 rings (SSSR count). The molecule has 3 amide bonds. The van der Waals surface area contributed by atoms with Crippen LogP contribution in [0.3, 0.4) is 0 Å². The topological polar surface area (TPSA) is 61.9 Å². The van der Waals surface area contributed by atoms with Crippen molar-refractivity contribution in [1.82, 2.24) is 10.2 Å². The summed E-state index contributed by atoms with van der Waals surface area (Å²) >= 11 is 0. The maximum absolute atomic E-state index is 13.4. The Bertz CT molecular complexity index is 675. The summed E-state index contributed by atoms with van der Waals surface area (Å²) in [5.74, 6) is -0.0302. The van der Waals surface area contributed by atoms with Crippen molar-refractivity contribution >= 4 is 17.6 Å². The molecule has 2 heterocycles. The molecule has 6 nitrogen and oxygen atoms in total. The molecular weight excluding hydrogens is 301 g/mol. The standard InChI is InChI=1S/C16H18FN3O3/c1-23-14-5-4-11(9-13(14)20-8-6-18-16(20)22)15(21)19-7-2-3-12(17)10-19/h3-5,9H,2,6-8,10H2,1H3,(H,18,22). The highest BCUT2D eigenvalue weighted by molar-refractivity contribution is 6.00. The van der Waals surface area contributed by atoms with Crippen LogP contribution in [-0.2, 0) is 0 Å². The van der Waals surface area contributed by atoms with E-state index in [2.05, 4.69) is 5.32 Å². The predicted molar refractivity (Wildman–Crippen MR) is 83.5 cm³/mol. The molecule has 0 atom stereocenters. The number of nitrogens with zero attached hydrogens (tertiary/aromatic N) is 2. The lowest BCUT2D eigenvalue weighted by Crippen LogP contribution is -2.35. The van der Waals surface area contributed by atoms with Crippen LogP contribution in [0.4, 0.5) is 14.9 Å². The zero-order valence-electron chi connectivity index (χ0n) is 12.8. The van der Waals surface area contributed by atoms with Crippen molar-refractivity contribution in [2.45, 2.75) is 6.42 Å². The van der Waals surface area contributed by atoms with Gasteiger partial charge in [-0.1, -0.05) is 0 Å². The Labute approximate surface area is 133 Å². The van der Waals surface area contributed by atoms with Gasteiger partial charge >= 0.3 is 6.03 Å². The molecule has 23 heavy (non-hydrogen) atoms. The first-order valence-corrected chi connectivity index (χ1v) is 7.47. The Morgan fingerprint density at radius 2 is 2.17 bits per heavy atom. The van der Waals surface area contributed by atoms with E-state index in [9.17, 15) is 14.0 Å². The van der Waals surface area contributed by atoms with E-state index in [0.717, 1.165) is 0 Å². The number of hydrogen-bond donors (Lipinski definition) is 1. The highest BCUT2D eigenvalue weighted by Gasteiger charge is 2.26. The zero-order chi connectivity index (χ0) is 16.4. The Morgan fingerprint density at radius 1 is 1.35 bits per heavy atom. The van der Waals surface area contributed by atoms with Gasteiger partial charge in [0.1, 0.15) is 11.6 Å². The summed E-state index contributed by atoms with van der Waals surface area (Å²) in [4.78, 5) is 27.4. The fourth-order valence-corrected chi connectivity index (χ4v) is 2.79. The van der Waals surface area contributed by atoms with E-state index >= 15 is 0 Å². The molecular formula is C16H18FN3O3. The second-order valence-corrected chi connectivity index (χ2v) is 5.44. The molecule has 0 aliphatic carbocycles. The van der Waals surface area contributed by atoms with Crippen molar-refractivity contribution in [3.05, 3.63) is 35.7 Å². The number of hydrogen-bond acceptors (Lipinski definition) is 3. The largest absolute Gasteiger partial charge is 0.495 e. The number of nitrogens with one attached hydrogen (secondary N) is 1. The normalized spacial score (nSPS) is 17.8. The molecule has 1 N–H and O–H groups in total. The third-order valence-corrected chi connectivity index (χ3v) is 3.97. The summed E-state index contributed by atoms with van der Waals surface area (Å²) in [5, 5.41) is 2.72. The first-order chi connectivity index (χ1) is 11.1. The highest BCUT2D eigenvalue weighted by Crippen LogP contribution is 2.31. The van der Waals surface area contributed by atoms with Crippen LogP contribution in [0.5, 0.6) is 5.75 Å². The molecule has 7 heteroatoms. The number of benzene rings is 1. The van der Waals surface area contributed by atoms with Crippen LogP contribution in [0.2, 0.25) is 0 Å². The van der Waals surface area contributed by atoms with Gasteiger partial charge in [0.25, 0.3) is 5.91 Å². The van der Waals surface area contributed by atoms with E-state index in [1.165, 1.54) is 23.0 Å². The number of carbonyl (C=O) groups is 2. The highest BCUT2D eigenvalue weighted by atomic mass is 19.1. The molecule has 1 saturated heterocycles. The van der Waals surface area contributed by atoms with Crippen LogP contribution in [0.15, 0.2) is 30.1 Å². The van der Waals surface area contributed by atoms with Gasteiger partial charge in [0.05, 0.1) is 19.3 Å². The van der Waals surface area contributed by atoms with Crippen LogP contribution >= 0.6 is 0 Å². The lowest BCUT2D eigenvalue weighted by Gasteiger charge is -2.25. The minimum Gasteiger partial charge on any atom is -0.495 e. The minimum atomic E-state index is -0.294. The van der Waals surface area contributed by atoms with Crippen LogP contribution in [0.25, 0.3) is 0 Å². The molecule has 0 bridgehead atoms. The number of rotatable bonds is 3. The van der Waals surface area contributed by atoms with E-state index in [0.29, 0.717) is 43.1 Å². The minimum absolute atomic E-state index is 0.00953. The van der Waals surface area contributed by atoms with Crippen LogP contribution < -0.4 is 15.0 Å².